The zero-order chi connectivity index (χ0) is 7.23. The lowest BCUT2D eigenvalue weighted by atomic mass is 10.2. The molecule has 10 heavy (non-hydrogen) atoms. The Morgan fingerprint density at radius 3 is 2.50 bits per heavy atom. The molecule has 0 amide bonds. The van der Waals surface area contributed by atoms with E-state index in [1.54, 1.807) is 0 Å². The van der Waals surface area contributed by atoms with E-state index in [-0.39, 0.29) is 0 Å². The first-order valence-electron chi connectivity index (χ1n) is 3.29. The molecule has 0 saturated heterocycles. The van der Waals surface area contributed by atoms with Crippen LogP contribution in [0.1, 0.15) is 5.56 Å². The highest BCUT2D eigenvalue weighted by Crippen LogP contribution is 2.01. The summed E-state index contributed by atoms with van der Waals surface area (Å²) in [6.07, 6.45) is 1.07. The number of aryl methyl sites for hydroxylation is 1. The highest BCUT2D eigenvalue weighted by atomic mass is 32.2. The van der Waals surface area contributed by atoms with Gasteiger partial charge >= 0.3 is 0 Å². The molecule has 0 fully saturated rings. The molecule has 1 aromatic rings. The average molecular weight is 153 g/mol. The zero-order valence-electron chi connectivity index (χ0n) is 5.79. The second-order valence-corrected chi connectivity index (χ2v) is 2.85. The minimum atomic E-state index is 1.00. The molecule has 2 N–H and O–H groups in total. The van der Waals surface area contributed by atoms with E-state index in [0.29, 0.717) is 0 Å². The van der Waals surface area contributed by atoms with E-state index in [9.17, 15) is 0 Å². The van der Waals surface area contributed by atoms with Crippen molar-refractivity contribution in [3.05, 3.63) is 35.9 Å². The van der Waals surface area contributed by atoms with Gasteiger partial charge in [-0.25, -0.2) is 0 Å². The lowest BCUT2D eigenvalue weighted by Gasteiger charge is -1.96. The van der Waals surface area contributed by atoms with Crippen molar-refractivity contribution in [2.45, 2.75) is 6.42 Å². The molecule has 0 unspecified atom stereocenters. The van der Waals surface area contributed by atoms with Crippen LogP contribution >= 0.6 is 11.9 Å². The maximum absolute atomic E-state index is 5.29. The number of hydrogen-bond acceptors (Lipinski definition) is 2. The van der Waals surface area contributed by atoms with Crippen molar-refractivity contribution in [3.63, 3.8) is 0 Å². The Balaban J connectivity index is 2.43. The van der Waals surface area contributed by atoms with Crippen molar-refractivity contribution in [3.8, 4) is 0 Å². The van der Waals surface area contributed by atoms with Crippen molar-refractivity contribution in [1.82, 2.24) is 0 Å². The Labute approximate surface area is 65.8 Å². The van der Waals surface area contributed by atoms with Crippen LogP contribution in [0.2, 0.25) is 0 Å². The summed E-state index contributed by atoms with van der Waals surface area (Å²) in [6, 6.07) is 10.4. The Kier molecular flexibility index (Phi) is 3.33. The van der Waals surface area contributed by atoms with Crippen LogP contribution in [0.5, 0.6) is 0 Å². The van der Waals surface area contributed by atoms with Gasteiger partial charge in [0.05, 0.1) is 0 Å². The molecule has 0 aromatic heterocycles. The predicted molar refractivity (Wildman–Crippen MR) is 46.8 cm³/mol. The molecule has 0 atom stereocenters. The predicted octanol–water partition coefficient (Wildman–Crippen LogP) is 1.84. The van der Waals surface area contributed by atoms with Gasteiger partial charge in [0.25, 0.3) is 0 Å². The minimum absolute atomic E-state index is 1.00. The van der Waals surface area contributed by atoms with Crippen LogP contribution in [0.4, 0.5) is 0 Å². The second kappa shape index (κ2) is 4.36. The van der Waals surface area contributed by atoms with Gasteiger partial charge in [-0.15, -0.1) is 0 Å². The number of benzene rings is 1. The SMILES string of the molecule is NSCCc1ccccc1. The number of nitrogens with two attached hydrogens (primary N) is 1. The molecule has 0 heterocycles. The molecule has 0 saturated carbocycles. The molecule has 54 valence electrons. The van der Waals surface area contributed by atoms with Gasteiger partial charge in [-0.1, -0.05) is 42.3 Å². The van der Waals surface area contributed by atoms with Crippen LogP contribution in [-0.4, -0.2) is 5.75 Å². The third kappa shape index (κ3) is 2.42. The Bertz CT molecular complexity index is 174. The highest BCUT2D eigenvalue weighted by molar-refractivity contribution is 7.97. The maximum Gasteiger partial charge on any atom is 0.0117 e. The largest absolute Gasteiger partial charge is 0.278 e. The van der Waals surface area contributed by atoms with E-state index in [0.717, 1.165) is 12.2 Å². The summed E-state index contributed by atoms with van der Waals surface area (Å²) in [6.45, 7) is 0. The Morgan fingerprint density at radius 1 is 1.20 bits per heavy atom. The quantitative estimate of drug-likeness (QED) is 0.670. The summed E-state index contributed by atoms with van der Waals surface area (Å²) in [5, 5.41) is 5.29. The van der Waals surface area contributed by atoms with Crippen LogP contribution in [0.15, 0.2) is 30.3 Å². The summed E-state index contributed by atoms with van der Waals surface area (Å²) in [5.74, 6) is 1.00. The van der Waals surface area contributed by atoms with Crippen molar-refractivity contribution in [1.29, 1.82) is 0 Å². The molecular weight excluding hydrogens is 142 g/mol. The van der Waals surface area contributed by atoms with Crippen LogP contribution in [0.3, 0.4) is 0 Å². The van der Waals surface area contributed by atoms with Crippen molar-refractivity contribution < 1.29 is 0 Å². The van der Waals surface area contributed by atoms with E-state index in [2.05, 4.69) is 24.3 Å². The fraction of sp³-hybridized carbons (Fsp3) is 0.250. The molecule has 0 spiro atoms. The molecule has 2 heteroatoms. The zero-order valence-corrected chi connectivity index (χ0v) is 6.60. The monoisotopic (exact) mass is 153 g/mol. The van der Waals surface area contributed by atoms with Gasteiger partial charge in [-0.3, -0.25) is 5.14 Å². The number of rotatable bonds is 3. The van der Waals surface area contributed by atoms with E-state index in [1.165, 1.54) is 17.5 Å². The lowest BCUT2D eigenvalue weighted by Crippen LogP contribution is -1.90. The van der Waals surface area contributed by atoms with Crippen LogP contribution in [0.25, 0.3) is 0 Å². The van der Waals surface area contributed by atoms with Crippen molar-refractivity contribution in [2.75, 3.05) is 5.75 Å². The molecule has 1 nitrogen and oxygen atoms in total. The molecular formula is C8H11NS. The second-order valence-electron chi connectivity index (χ2n) is 2.11. The van der Waals surface area contributed by atoms with Crippen LogP contribution in [0, 0.1) is 0 Å². The molecule has 0 aliphatic rings. The van der Waals surface area contributed by atoms with E-state index in [1.807, 2.05) is 6.07 Å². The minimum Gasteiger partial charge on any atom is -0.278 e. The maximum atomic E-state index is 5.29. The van der Waals surface area contributed by atoms with Gasteiger partial charge in [-0.2, -0.15) is 0 Å². The summed E-state index contributed by atoms with van der Waals surface area (Å²) in [4.78, 5) is 0. The summed E-state index contributed by atoms with van der Waals surface area (Å²) < 4.78 is 0. The first kappa shape index (κ1) is 7.63. The van der Waals surface area contributed by atoms with Crippen LogP contribution < -0.4 is 5.14 Å². The van der Waals surface area contributed by atoms with Gasteiger partial charge in [0, 0.05) is 5.75 Å². The van der Waals surface area contributed by atoms with E-state index < -0.39 is 0 Å². The van der Waals surface area contributed by atoms with Crippen LogP contribution in [-0.2, 0) is 6.42 Å². The molecule has 0 aliphatic heterocycles. The fourth-order valence-corrected chi connectivity index (χ4v) is 1.18. The smallest absolute Gasteiger partial charge is 0.0117 e. The topological polar surface area (TPSA) is 26.0 Å². The standard InChI is InChI=1S/C8H11NS/c9-10-7-6-8-4-2-1-3-5-8/h1-5H,6-7,9H2. The van der Waals surface area contributed by atoms with Crippen molar-refractivity contribution >= 4 is 11.9 Å². The van der Waals surface area contributed by atoms with Gasteiger partial charge in [0.2, 0.25) is 0 Å². The van der Waals surface area contributed by atoms with E-state index in [4.69, 9.17) is 5.14 Å². The highest BCUT2D eigenvalue weighted by Gasteiger charge is 1.87. The summed E-state index contributed by atoms with van der Waals surface area (Å²) in [7, 11) is 0. The molecule has 1 rings (SSSR count). The normalized spacial score (nSPS) is 9.70. The third-order valence-corrected chi connectivity index (χ3v) is 1.79. The summed E-state index contributed by atoms with van der Waals surface area (Å²) >= 11 is 1.40. The van der Waals surface area contributed by atoms with Gasteiger partial charge in [0.15, 0.2) is 0 Å². The molecule has 0 bridgehead atoms. The molecule has 0 aliphatic carbocycles. The Hall–Kier alpha value is -0.470. The van der Waals surface area contributed by atoms with E-state index >= 15 is 0 Å². The average Bonchev–Trinajstić information content (AvgIpc) is 2.03. The third-order valence-electron chi connectivity index (χ3n) is 1.35. The summed E-state index contributed by atoms with van der Waals surface area (Å²) in [5.41, 5.74) is 1.36. The van der Waals surface area contributed by atoms with Gasteiger partial charge < -0.3 is 0 Å². The molecule has 0 radical (unpaired) electrons. The lowest BCUT2D eigenvalue weighted by molar-refractivity contribution is 1.16. The number of hydrogen-bond donors (Lipinski definition) is 1. The Morgan fingerprint density at radius 2 is 1.90 bits per heavy atom. The van der Waals surface area contributed by atoms with Gasteiger partial charge in [0.1, 0.15) is 0 Å². The first-order valence-corrected chi connectivity index (χ1v) is 4.34. The van der Waals surface area contributed by atoms with Crippen molar-refractivity contribution in [2.24, 2.45) is 5.14 Å². The molecule has 1 aromatic carbocycles. The van der Waals surface area contributed by atoms with Gasteiger partial charge in [-0.05, 0) is 12.0 Å². The first-order chi connectivity index (χ1) is 4.93. The fourth-order valence-electron chi connectivity index (χ4n) is 0.821.